The number of ether oxygens (including phenoxy) is 1. The topological polar surface area (TPSA) is 67.4 Å². The van der Waals surface area contributed by atoms with Crippen LogP contribution in [-0.2, 0) is 6.18 Å². The van der Waals surface area contributed by atoms with E-state index in [1.807, 2.05) is 6.92 Å². The van der Waals surface area contributed by atoms with E-state index in [9.17, 15) is 18.0 Å². The molecule has 3 aromatic rings. The summed E-state index contributed by atoms with van der Waals surface area (Å²) >= 11 is 0. The number of aromatic nitrogens is 2. The lowest BCUT2D eigenvalue weighted by atomic mass is 10.1. The molecule has 0 spiro atoms. The van der Waals surface area contributed by atoms with E-state index in [2.05, 4.69) is 15.3 Å². The predicted molar refractivity (Wildman–Crippen MR) is 104 cm³/mol. The number of rotatable bonds is 3. The van der Waals surface area contributed by atoms with Crippen LogP contribution in [0.4, 0.5) is 13.2 Å². The Morgan fingerprint density at radius 3 is 2.67 bits per heavy atom. The molecule has 1 amide bonds. The maximum absolute atomic E-state index is 12.7. The summed E-state index contributed by atoms with van der Waals surface area (Å²) in [6.45, 7) is 4.05. The van der Waals surface area contributed by atoms with Gasteiger partial charge in [-0.15, -0.1) is 0 Å². The first-order valence-corrected chi connectivity index (χ1v) is 9.44. The van der Waals surface area contributed by atoms with Gasteiger partial charge >= 0.3 is 6.18 Å². The third-order valence-corrected chi connectivity index (χ3v) is 4.80. The highest BCUT2D eigenvalue weighted by molar-refractivity contribution is 5.95. The van der Waals surface area contributed by atoms with Crippen molar-refractivity contribution in [3.05, 3.63) is 60.0 Å². The van der Waals surface area contributed by atoms with E-state index in [1.54, 1.807) is 35.2 Å². The number of carbonyl (C=O) groups excluding carboxylic acids is 1. The normalized spacial score (nSPS) is 17.2. The summed E-state index contributed by atoms with van der Waals surface area (Å²) in [7, 11) is 0. The lowest BCUT2D eigenvalue weighted by molar-refractivity contribution is -0.141. The molecule has 1 aliphatic heterocycles. The number of hydrogen-bond donors (Lipinski definition) is 1. The third-order valence-electron chi connectivity index (χ3n) is 4.80. The Balaban J connectivity index is 1.51. The van der Waals surface area contributed by atoms with Gasteiger partial charge in [0.05, 0.1) is 11.7 Å². The number of piperazine rings is 1. The number of nitrogens with zero attached hydrogens (tertiary/aromatic N) is 3. The molecule has 0 saturated carbocycles. The van der Waals surface area contributed by atoms with Gasteiger partial charge in [0.1, 0.15) is 22.9 Å². The van der Waals surface area contributed by atoms with Crippen LogP contribution in [0.25, 0.3) is 10.9 Å². The molecule has 3 heterocycles. The number of hydrogen-bond acceptors (Lipinski definition) is 5. The highest BCUT2D eigenvalue weighted by Gasteiger charge is 2.32. The molecule has 1 fully saturated rings. The van der Waals surface area contributed by atoms with Gasteiger partial charge in [-0.25, -0.2) is 9.97 Å². The van der Waals surface area contributed by atoms with Crippen LogP contribution in [0.15, 0.2) is 48.7 Å². The van der Waals surface area contributed by atoms with Gasteiger partial charge in [0, 0.05) is 31.1 Å². The van der Waals surface area contributed by atoms with Crippen molar-refractivity contribution >= 4 is 16.8 Å². The predicted octanol–water partition coefficient (Wildman–Crippen LogP) is 3.87. The van der Waals surface area contributed by atoms with E-state index in [-0.39, 0.29) is 17.7 Å². The maximum atomic E-state index is 12.7. The van der Waals surface area contributed by atoms with Gasteiger partial charge in [0.25, 0.3) is 5.91 Å². The Labute approximate surface area is 170 Å². The van der Waals surface area contributed by atoms with Gasteiger partial charge in [-0.3, -0.25) is 4.79 Å². The maximum Gasteiger partial charge on any atom is 0.433 e. The molecular weight excluding hydrogens is 397 g/mol. The second-order valence-electron chi connectivity index (χ2n) is 7.14. The van der Waals surface area contributed by atoms with Gasteiger partial charge in [0.2, 0.25) is 0 Å². The second-order valence-corrected chi connectivity index (χ2v) is 7.14. The molecule has 0 radical (unpaired) electrons. The van der Waals surface area contributed by atoms with Crippen LogP contribution in [0.1, 0.15) is 23.1 Å². The Morgan fingerprint density at radius 2 is 1.97 bits per heavy atom. The zero-order valence-electron chi connectivity index (χ0n) is 16.1. The molecule has 1 aromatic carbocycles. The molecule has 1 aliphatic rings. The Morgan fingerprint density at radius 1 is 1.17 bits per heavy atom. The molecule has 6 nitrogen and oxygen atoms in total. The zero-order valence-corrected chi connectivity index (χ0v) is 16.1. The summed E-state index contributed by atoms with van der Waals surface area (Å²) in [6, 6.07) is 10.8. The number of halogens is 3. The average molecular weight is 416 g/mol. The van der Waals surface area contributed by atoms with Gasteiger partial charge in [0.15, 0.2) is 0 Å². The highest BCUT2D eigenvalue weighted by atomic mass is 19.4. The van der Waals surface area contributed by atoms with E-state index >= 15 is 0 Å². The van der Waals surface area contributed by atoms with Crippen LogP contribution in [-0.4, -0.2) is 46.5 Å². The SMILES string of the molecule is C[C@@H]1CN(C(=O)c2ccc3cc(Oc4ccc(C(F)(F)F)nc4)ccc3n2)CCN1. The van der Waals surface area contributed by atoms with Crippen molar-refractivity contribution in [2.75, 3.05) is 19.6 Å². The Hall–Kier alpha value is -3.20. The molecule has 1 N–H and O–H groups in total. The lowest BCUT2D eigenvalue weighted by Gasteiger charge is -2.31. The van der Waals surface area contributed by atoms with E-state index in [4.69, 9.17) is 4.74 Å². The Kier molecular flexibility index (Phi) is 5.29. The first-order chi connectivity index (χ1) is 14.3. The van der Waals surface area contributed by atoms with Crippen LogP contribution in [0, 0.1) is 0 Å². The molecule has 9 heteroatoms. The van der Waals surface area contributed by atoms with Crippen LogP contribution in [0.5, 0.6) is 11.5 Å². The van der Waals surface area contributed by atoms with E-state index in [0.29, 0.717) is 30.0 Å². The molecular formula is C21H19F3N4O2. The summed E-state index contributed by atoms with van der Waals surface area (Å²) in [4.78, 5) is 22.3. The summed E-state index contributed by atoms with van der Waals surface area (Å²) in [6.07, 6.45) is -3.47. The van der Waals surface area contributed by atoms with Crippen molar-refractivity contribution in [2.24, 2.45) is 0 Å². The lowest BCUT2D eigenvalue weighted by Crippen LogP contribution is -2.51. The summed E-state index contributed by atoms with van der Waals surface area (Å²) in [5.74, 6) is 0.511. The number of nitrogens with one attached hydrogen (secondary N) is 1. The number of pyridine rings is 2. The second kappa shape index (κ2) is 7.91. The first-order valence-electron chi connectivity index (χ1n) is 9.44. The Bertz CT molecular complexity index is 1070. The molecule has 0 bridgehead atoms. The molecule has 1 atom stereocenters. The third kappa shape index (κ3) is 4.35. The van der Waals surface area contributed by atoms with Crippen molar-refractivity contribution in [3.8, 4) is 11.5 Å². The van der Waals surface area contributed by atoms with Crippen molar-refractivity contribution < 1.29 is 22.7 Å². The van der Waals surface area contributed by atoms with Gasteiger partial charge < -0.3 is 15.0 Å². The van der Waals surface area contributed by atoms with Crippen molar-refractivity contribution in [3.63, 3.8) is 0 Å². The molecule has 0 aliphatic carbocycles. The van der Waals surface area contributed by atoms with Crippen LogP contribution >= 0.6 is 0 Å². The van der Waals surface area contributed by atoms with Crippen LogP contribution in [0.2, 0.25) is 0 Å². The summed E-state index contributed by atoms with van der Waals surface area (Å²) in [5, 5.41) is 4.04. The minimum Gasteiger partial charge on any atom is -0.456 e. The van der Waals surface area contributed by atoms with Crippen LogP contribution < -0.4 is 10.1 Å². The molecule has 30 heavy (non-hydrogen) atoms. The number of benzene rings is 1. The zero-order chi connectivity index (χ0) is 21.3. The summed E-state index contributed by atoms with van der Waals surface area (Å²) in [5.41, 5.74) is 0.0211. The van der Waals surface area contributed by atoms with Crippen molar-refractivity contribution in [1.82, 2.24) is 20.2 Å². The minimum absolute atomic E-state index is 0.110. The fraction of sp³-hybridized carbons (Fsp3) is 0.286. The smallest absolute Gasteiger partial charge is 0.433 e. The quantitative estimate of drug-likeness (QED) is 0.702. The highest BCUT2D eigenvalue weighted by Crippen LogP contribution is 2.30. The summed E-state index contributed by atoms with van der Waals surface area (Å²) < 4.78 is 43.4. The molecule has 1 saturated heterocycles. The van der Waals surface area contributed by atoms with Crippen molar-refractivity contribution in [1.29, 1.82) is 0 Å². The monoisotopic (exact) mass is 416 g/mol. The van der Waals surface area contributed by atoms with E-state index < -0.39 is 11.9 Å². The number of alkyl halides is 3. The van der Waals surface area contributed by atoms with Crippen molar-refractivity contribution in [2.45, 2.75) is 19.1 Å². The molecule has 2 aromatic heterocycles. The standard InChI is InChI=1S/C21H19F3N4O2/c1-13-12-28(9-8-25-13)20(29)18-5-2-14-10-15(3-6-17(14)27-18)30-16-4-7-19(26-11-16)21(22,23)24/h2-7,10-11,13,25H,8-9,12H2,1H3/t13-/m1/s1. The number of fused-ring (bicyclic) bond motifs is 1. The largest absolute Gasteiger partial charge is 0.456 e. The molecule has 156 valence electrons. The van der Waals surface area contributed by atoms with E-state index in [0.717, 1.165) is 24.2 Å². The van der Waals surface area contributed by atoms with Crippen LogP contribution in [0.3, 0.4) is 0 Å². The van der Waals surface area contributed by atoms with E-state index in [1.165, 1.54) is 6.07 Å². The fourth-order valence-corrected chi connectivity index (χ4v) is 3.31. The molecule has 0 unspecified atom stereocenters. The first kappa shape index (κ1) is 20.1. The average Bonchev–Trinajstić information content (AvgIpc) is 2.72. The van der Waals surface area contributed by atoms with Gasteiger partial charge in [-0.05, 0) is 43.3 Å². The minimum atomic E-state index is -4.50. The fourth-order valence-electron chi connectivity index (χ4n) is 3.31. The van der Waals surface area contributed by atoms with Gasteiger partial charge in [-0.1, -0.05) is 6.07 Å². The number of carbonyl (C=O) groups is 1. The number of amides is 1. The molecule has 4 rings (SSSR count). The van der Waals surface area contributed by atoms with Gasteiger partial charge in [-0.2, -0.15) is 13.2 Å².